The summed E-state index contributed by atoms with van der Waals surface area (Å²) in [6.45, 7) is 2.77. The Bertz CT molecular complexity index is 650. The fraction of sp³-hybridized carbons (Fsp3) is 0.235. The molecule has 0 bridgehead atoms. The quantitative estimate of drug-likeness (QED) is 0.848. The van der Waals surface area contributed by atoms with Gasteiger partial charge in [0.1, 0.15) is 0 Å². The zero-order valence-corrected chi connectivity index (χ0v) is 12.7. The number of hydrogen-bond donors (Lipinski definition) is 2. The van der Waals surface area contributed by atoms with Gasteiger partial charge in [0.2, 0.25) is 0 Å². The van der Waals surface area contributed by atoms with Crippen molar-refractivity contribution in [3.8, 4) is 0 Å². The Morgan fingerprint density at radius 1 is 1.19 bits per heavy atom. The fourth-order valence-corrected chi connectivity index (χ4v) is 2.18. The molecule has 0 heterocycles. The van der Waals surface area contributed by atoms with E-state index in [0.717, 1.165) is 23.4 Å². The van der Waals surface area contributed by atoms with Crippen molar-refractivity contribution in [2.45, 2.75) is 13.5 Å². The summed E-state index contributed by atoms with van der Waals surface area (Å²) in [5.74, 6) is -0.182. The largest absolute Gasteiger partial charge is 0.398 e. The summed E-state index contributed by atoms with van der Waals surface area (Å²) in [6.07, 6.45) is 0. The topological polar surface area (TPSA) is 58.4 Å². The summed E-state index contributed by atoms with van der Waals surface area (Å²) >= 11 is 0. The summed E-state index contributed by atoms with van der Waals surface area (Å²) in [4.78, 5) is 14.4. The number of rotatable bonds is 4. The Morgan fingerprint density at radius 3 is 2.67 bits per heavy atom. The summed E-state index contributed by atoms with van der Waals surface area (Å²) in [6, 6.07) is 13.3. The van der Waals surface area contributed by atoms with Crippen LogP contribution in [0.5, 0.6) is 0 Å². The van der Waals surface area contributed by atoms with Gasteiger partial charge in [-0.15, -0.1) is 0 Å². The molecule has 0 atom stereocenters. The number of nitrogen functional groups attached to an aromatic ring is 1. The van der Waals surface area contributed by atoms with Crippen molar-refractivity contribution >= 4 is 17.3 Å². The molecule has 0 aliphatic rings. The van der Waals surface area contributed by atoms with Crippen LogP contribution in [0.3, 0.4) is 0 Å². The normalized spacial score (nSPS) is 10.7. The number of carbonyl (C=O) groups is 1. The predicted octanol–water partition coefficient (Wildman–Crippen LogP) is 2.89. The van der Waals surface area contributed by atoms with Gasteiger partial charge in [0.15, 0.2) is 0 Å². The Balaban J connectivity index is 2.17. The summed E-state index contributed by atoms with van der Waals surface area (Å²) < 4.78 is 0. The second-order valence-electron chi connectivity index (χ2n) is 5.48. The number of aryl methyl sites for hydroxylation is 1. The van der Waals surface area contributed by atoms with Gasteiger partial charge in [-0.2, -0.15) is 0 Å². The molecule has 0 radical (unpaired) electrons. The molecule has 2 rings (SSSR count). The smallest absolute Gasteiger partial charge is 0.257 e. The number of anilines is 2. The summed E-state index contributed by atoms with van der Waals surface area (Å²) in [7, 11) is 4.03. The third-order valence-electron chi connectivity index (χ3n) is 3.14. The maximum atomic E-state index is 12.3. The third kappa shape index (κ3) is 4.07. The monoisotopic (exact) mass is 283 g/mol. The molecule has 0 spiro atoms. The third-order valence-corrected chi connectivity index (χ3v) is 3.14. The van der Waals surface area contributed by atoms with Crippen molar-refractivity contribution < 1.29 is 4.79 Å². The zero-order valence-electron chi connectivity index (χ0n) is 12.7. The maximum absolute atomic E-state index is 12.3. The highest BCUT2D eigenvalue weighted by Gasteiger charge is 2.10. The molecular weight excluding hydrogens is 262 g/mol. The number of carbonyl (C=O) groups excluding carboxylic acids is 1. The van der Waals surface area contributed by atoms with Gasteiger partial charge < -0.3 is 16.0 Å². The van der Waals surface area contributed by atoms with E-state index in [0.29, 0.717) is 11.3 Å². The van der Waals surface area contributed by atoms with Gasteiger partial charge in [-0.1, -0.05) is 23.8 Å². The molecule has 2 aromatic rings. The first-order valence-electron chi connectivity index (χ1n) is 6.87. The average molecular weight is 283 g/mol. The Kier molecular flexibility index (Phi) is 4.60. The zero-order chi connectivity index (χ0) is 15.4. The van der Waals surface area contributed by atoms with Crippen LogP contribution in [-0.2, 0) is 6.54 Å². The molecule has 0 unspecified atom stereocenters. The predicted molar refractivity (Wildman–Crippen MR) is 87.4 cm³/mol. The summed E-state index contributed by atoms with van der Waals surface area (Å²) in [5, 5.41) is 2.90. The highest BCUT2D eigenvalue weighted by atomic mass is 16.1. The van der Waals surface area contributed by atoms with Gasteiger partial charge in [-0.3, -0.25) is 4.79 Å². The molecule has 4 nitrogen and oxygen atoms in total. The van der Waals surface area contributed by atoms with E-state index >= 15 is 0 Å². The molecule has 0 aliphatic heterocycles. The van der Waals surface area contributed by atoms with Gasteiger partial charge in [-0.25, -0.2) is 0 Å². The molecule has 4 heteroatoms. The van der Waals surface area contributed by atoms with Crippen LogP contribution < -0.4 is 11.1 Å². The number of benzene rings is 2. The van der Waals surface area contributed by atoms with E-state index in [9.17, 15) is 4.79 Å². The number of hydrogen-bond acceptors (Lipinski definition) is 3. The van der Waals surface area contributed by atoms with Crippen molar-refractivity contribution in [2.75, 3.05) is 25.1 Å². The van der Waals surface area contributed by atoms with Crippen LogP contribution >= 0.6 is 0 Å². The molecule has 0 fully saturated rings. The van der Waals surface area contributed by atoms with E-state index in [-0.39, 0.29) is 5.91 Å². The second kappa shape index (κ2) is 6.41. The molecule has 3 N–H and O–H groups in total. The van der Waals surface area contributed by atoms with Crippen molar-refractivity contribution in [3.63, 3.8) is 0 Å². The Hall–Kier alpha value is -2.33. The molecule has 0 saturated carbocycles. The molecule has 2 aromatic carbocycles. The molecule has 1 amide bonds. The minimum absolute atomic E-state index is 0.182. The van der Waals surface area contributed by atoms with E-state index in [2.05, 4.69) is 10.2 Å². The lowest BCUT2D eigenvalue weighted by Gasteiger charge is -2.12. The lowest BCUT2D eigenvalue weighted by molar-refractivity contribution is 0.102. The minimum atomic E-state index is -0.182. The molecule has 0 aromatic heterocycles. The van der Waals surface area contributed by atoms with E-state index in [1.54, 1.807) is 12.1 Å². The van der Waals surface area contributed by atoms with Gasteiger partial charge in [-0.05, 0) is 50.8 Å². The van der Waals surface area contributed by atoms with Crippen molar-refractivity contribution in [1.29, 1.82) is 0 Å². The van der Waals surface area contributed by atoms with Gasteiger partial charge in [0.25, 0.3) is 5.91 Å². The summed E-state index contributed by atoms with van der Waals surface area (Å²) in [5.41, 5.74) is 9.80. The second-order valence-corrected chi connectivity index (χ2v) is 5.48. The first-order chi connectivity index (χ1) is 9.95. The van der Waals surface area contributed by atoms with Crippen molar-refractivity contribution in [2.24, 2.45) is 0 Å². The van der Waals surface area contributed by atoms with Crippen LogP contribution in [0.15, 0.2) is 42.5 Å². The molecule has 0 aliphatic carbocycles. The minimum Gasteiger partial charge on any atom is -0.398 e. The van der Waals surface area contributed by atoms with Crippen LogP contribution in [-0.4, -0.2) is 24.9 Å². The molecule has 21 heavy (non-hydrogen) atoms. The van der Waals surface area contributed by atoms with Crippen LogP contribution in [0, 0.1) is 6.92 Å². The van der Waals surface area contributed by atoms with Crippen LogP contribution in [0.1, 0.15) is 21.5 Å². The van der Waals surface area contributed by atoms with Crippen LogP contribution in [0.2, 0.25) is 0 Å². The standard InChI is InChI=1S/C17H21N3O/c1-12-7-8-16(18)15(9-12)17(21)19-14-6-4-5-13(10-14)11-20(2)3/h4-10H,11,18H2,1-3H3,(H,19,21). The highest BCUT2D eigenvalue weighted by molar-refractivity contribution is 6.07. The average Bonchev–Trinajstić information content (AvgIpc) is 2.41. The lowest BCUT2D eigenvalue weighted by Crippen LogP contribution is -2.15. The van der Waals surface area contributed by atoms with Gasteiger partial charge in [0, 0.05) is 17.9 Å². The van der Waals surface area contributed by atoms with Crippen LogP contribution in [0.4, 0.5) is 11.4 Å². The Morgan fingerprint density at radius 2 is 1.95 bits per heavy atom. The number of nitrogens with one attached hydrogen (secondary N) is 1. The van der Waals surface area contributed by atoms with Crippen molar-refractivity contribution in [3.05, 3.63) is 59.2 Å². The van der Waals surface area contributed by atoms with E-state index in [4.69, 9.17) is 5.73 Å². The molecule has 0 saturated heterocycles. The first-order valence-corrected chi connectivity index (χ1v) is 6.87. The Labute approximate surface area is 125 Å². The van der Waals surface area contributed by atoms with Crippen molar-refractivity contribution in [1.82, 2.24) is 4.90 Å². The maximum Gasteiger partial charge on any atom is 0.257 e. The van der Waals surface area contributed by atoms with Gasteiger partial charge >= 0.3 is 0 Å². The van der Waals surface area contributed by atoms with E-state index in [1.807, 2.05) is 51.4 Å². The molecular formula is C17H21N3O. The SMILES string of the molecule is Cc1ccc(N)c(C(=O)Nc2cccc(CN(C)C)c2)c1. The number of nitrogens with zero attached hydrogens (tertiary/aromatic N) is 1. The fourth-order valence-electron chi connectivity index (χ4n) is 2.18. The van der Waals surface area contributed by atoms with E-state index < -0.39 is 0 Å². The number of amides is 1. The molecule has 110 valence electrons. The lowest BCUT2D eigenvalue weighted by atomic mass is 10.1. The highest BCUT2D eigenvalue weighted by Crippen LogP contribution is 2.17. The first kappa shape index (κ1) is 15.1. The number of nitrogens with two attached hydrogens (primary N) is 1. The van der Waals surface area contributed by atoms with Gasteiger partial charge in [0.05, 0.1) is 5.56 Å². The van der Waals surface area contributed by atoms with E-state index in [1.165, 1.54) is 0 Å². The van der Waals surface area contributed by atoms with Crippen LogP contribution in [0.25, 0.3) is 0 Å².